The summed E-state index contributed by atoms with van der Waals surface area (Å²) in [6, 6.07) is 45.5. The molecule has 9 aliphatic rings. The van der Waals surface area contributed by atoms with E-state index < -0.39 is 0 Å². The van der Waals surface area contributed by atoms with Gasteiger partial charge in [-0.2, -0.15) is 0 Å². The third kappa shape index (κ3) is 19.0. The molecule has 2 saturated carbocycles. The van der Waals surface area contributed by atoms with Crippen molar-refractivity contribution in [3.8, 4) is 22.3 Å². The Labute approximate surface area is 685 Å². The molecule has 0 amide bonds. The summed E-state index contributed by atoms with van der Waals surface area (Å²) in [5, 5.41) is 0. The molecule has 9 unspecified atom stereocenters. The zero-order valence-electron chi connectivity index (χ0n) is 74.5. The van der Waals surface area contributed by atoms with Crippen LogP contribution in [0.2, 0.25) is 0 Å². The maximum absolute atomic E-state index is 2.61. The fraction of sp³-hybridized carbons (Fsp3) is 0.462. The molecule has 2 heteroatoms. The van der Waals surface area contributed by atoms with Crippen molar-refractivity contribution < 1.29 is 39.1 Å². The molecule has 0 nitrogen and oxygen atoms in total. The van der Waals surface area contributed by atoms with E-state index in [1.165, 1.54) is 113 Å². The Bertz CT molecular complexity index is 4350. The van der Waals surface area contributed by atoms with Crippen LogP contribution in [0.5, 0.6) is 0 Å². The van der Waals surface area contributed by atoms with Gasteiger partial charge < -0.3 is 8.85 Å². The SMILES string of the molecule is CC(C)(C)C1=CC(C(C)(C)C2c3cc(C(C)(C)C)ccc3-c3c(-c4ccccc4)cc(C(C)(C)C)cc32)=CC1.CC(C)(C)C1=CC2CC3C=C(C(C)(C)C)C=C(c4ccccc4)C3C2C=C1.CC(C)(C)C1=CC2CC3C=C(C(C)(C)C)C=C(c4ccccc4)C3C2C=C1.CC(C)=C1C=CC(C(C)(C)C)=C1.[CH3-].[H-].[Li+].[Li+]. The molecule has 9 atom stereocenters. The molecule has 5 aromatic rings. The van der Waals surface area contributed by atoms with Crippen LogP contribution < -0.4 is 37.7 Å². The molecule has 2 fully saturated rings. The minimum Gasteiger partial charge on any atom is -1.00 e. The molecular weight excluding hydrogens is 1290 g/mol. The van der Waals surface area contributed by atoms with E-state index in [9.17, 15) is 0 Å². The fourth-order valence-corrected chi connectivity index (χ4v) is 18.1. The van der Waals surface area contributed by atoms with Gasteiger partial charge in [0.1, 0.15) is 0 Å². The quantitative estimate of drug-likeness (QED) is 0.122. The Kier molecular flexibility index (Phi) is 26.4. The van der Waals surface area contributed by atoms with E-state index in [0.717, 1.165) is 6.42 Å². The average molecular weight is 1430 g/mol. The van der Waals surface area contributed by atoms with E-state index in [1.807, 2.05) is 0 Å². The Morgan fingerprint density at radius 1 is 0.352 bits per heavy atom. The molecule has 0 spiro atoms. The second kappa shape index (κ2) is 32.6. The summed E-state index contributed by atoms with van der Waals surface area (Å²) in [7, 11) is 0. The summed E-state index contributed by atoms with van der Waals surface area (Å²) in [5.41, 5.74) is 31.9. The van der Waals surface area contributed by atoms with Gasteiger partial charge in [0.2, 0.25) is 0 Å². The van der Waals surface area contributed by atoms with Gasteiger partial charge in [-0.1, -0.05) is 398 Å². The van der Waals surface area contributed by atoms with Crippen molar-refractivity contribution in [2.75, 3.05) is 0 Å². The van der Waals surface area contributed by atoms with Gasteiger partial charge in [-0.05, 0) is 236 Å². The summed E-state index contributed by atoms with van der Waals surface area (Å²) in [4.78, 5) is 0. The summed E-state index contributed by atoms with van der Waals surface area (Å²) < 4.78 is 0. The second-order valence-corrected chi connectivity index (χ2v) is 41.7. The maximum atomic E-state index is 2.61. The van der Waals surface area contributed by atoms with Crippen molar-refractivity contribution in [1.29, 1.82) is 0 Å². The van der Waals surface area contributed by atoms with Crippen molar-refractivity contribution in [3.05, 3.63) is 303 Å². The second-order valence-electron chi connectivity index (χ2n) is 41.7. The normalized spacial score (nSPS) is 23.3. The molecule has 0 bridgehead atoms. The van der Waals surface area contributed by atoms with Gasteiger partial charge in [0, 0.05) is 11.3 Å². The van der Waals surface area contributed by atoms with Gasteiger partial charge in [-0.3, -0.25) is 0 Å². The van der Waals surface area contributed by atoms with Crippen LogP contribution >= 0.6 is 0 Å². The van der Waals surface area contributed by atoms with Gasteiger partial charge in [0.15, 0.2) is 0 Å². The van der Waals surface area contributed by atoms with Gasteiger partial charge in [0.25, 0.3) is 0 Å². The Morgan fingerprint density at radius 3 is 1.13 bits per heavy atom. The van der Waals surface area contributed by atoms with Crippen LogP contribution in [0.3, 0.4) is 0 Å². The summed E-state index contributed by atoms with van der Waals surface area (Å²) in [5.74, 6) is 5.40. The van der Waals surface area contributed by atoms with E-state index in [2.05, 4.69) is 406 Å². The molecule has 0 aromatic heterocycles. The van der Waals surface area contributed by atoms with Crippen molar-refractivity contribution in [2.24, 2.45) is 85.2 Å². The molecule has 564 valence electrons. The first-order valence-electron chi connectivity index (χ1n) is 40.4. The predicted molar refractivity (Wildman–Crippen MR) is 468 cm³/mol. The average Bonchev–Trinajstić information content (AvgIpc) is 1.56. The zero-order valence-corrected chi connectivity index (χ0v) is 73.5. The molecular formula is C106H138Li2. The van der Waals surface area contributed by atoms with Crippen molar-refractivity contribution in [3.63, 3.8) is 0 Å². The number of benzene rings is 5. The molecule has 0 N–H and O–H groups in total. The molecule has 14 rings (SSSR count). The van der Waals surface area contributed by atoms with Crippen LogP contribution in [-0.4, -0.2) is 0 Å². The fourth-order valence-electron chi connectivity index (χ4n) is 18.1. The summed E-state index contributed by atoms with van der Waals surface area (Å²) >= 11 is 0. The Hall–Kier alpha value is -6.09. The number of allylic oxidation sites excluding steroid dienone is 26. The third-order valence-corrected chi connectivity index (χ3v) is 24.8. The van der Waals surface area contributed by atoms with Crippen LogP contribution in [0.15, 0.2) is 263 Å². The van der Waals surface area contributed by atoms with E-state index in [4.69, 9.17) is 0 Å². The van der Waals surface area contributed by atoms with Crippen molar-refractivity contribution in [1.82, 2.24) is 0 Å². The first kappa shape index (κ1) is 87.5. The molecule has 5 aromatic carbocycles. The monoisotopic (exact) mass is 1430 g/mol. The molecule has 108 heavy (non-hydrogen) atoms. The van der Waals surface area contributed by atoms with Crippen molar-refractivity contribution >= 4 is 11.1 Å². The molecule has 0 aliphatic heterocycles. The topological polar surface area (TPSA) is 0 Å². The van der Waals surface area contributed by atoms with E-state index in [1.54, 1.807) is 16.7 Å². The van der Waals surface area contributed by atoms with Crippen LogP contribution in [-0.2, 0) is 10.8 Å². The minimum absolute atomic E-state index is 0. The Morgan fingerprint density at radius 2 is 0.759 bits per heavy atom. The largest absolute Gasteiger partial charge is 1.00 e. The Balaban J connectivity index is 0.000000211. The third-order valence-electron chi connectivity index (χ3n) is 24.8. The summed E-state index contributed by atoms with van der Waals surface area (Å²) in [6.45, 7) is 65.2. The minimum atomic E-state index is -0.0476. The van der Waals surface area contributed by atoms with E-state index >= 15 is 0 Å². The molecule has 9 aliphatic carbocycles. The van der Waals surface area contributed by atoms with Crippen LogP contribution in [0.1, 0.15) is 254 Å². The smallest absolute Gasteiger partial charge is 1.00 e. The number of rotatable bonds is 5. The van der Waals surface area contributed by atoms with Crippen molar-refractivity contribution in [2.45, 2.75) is 230 Å². The molecule has 0 radical (unpaired) electrons. The van der Waals surface area contributed by atoms with Crippen LogP contribution in [0.25, 0.3) is 33.4 Å². The maximum Gasteiger partial charge on any atom is 1.00 e. The van der Waals surface area contributed by atoms with E-state index in [0.29, 0.717) is 47.3 Å². The number of fused-ring (bicyclic) bond motifs is 9. The molecule has 0 saturated heterocycles. The van der Waals surface area contributed by atoms with E-state index in [-0.39, 0.29) is 101 Å². The summed E-state index contributed by atoms with van der Waals surface area (Å²) in [6.07, 6.45) is 40.7. The number of hydrogen-bond donors (Lipinski definition) is 0. The van der Waals surface area contributed by atoms with Gasteiger partial charge >= 0.3 is 37.7 Å². The zero-order chi connectivity index (χ0) is 76.7. The van der Waals surface area contributed by atoms with Crippen LogP contribution in [0.4, 0.5) is 0 Å². The first-order chi connectivity index (χ1) is 48.7. The van der Waals surface area contributed by atoms with Crippen LogP contribution in [0, 0.1) is 92.7 Å². The molecule has 0 heterocycles. The van der Waals surface area contributed by atoms with Gasteiger partial charge in [-0.15, -0.1) is 0 Å². The van der Waals surface area contributed by atoms with Gasteiger partial charge in [-0.25, -0.2) is 0 Å². The standard InChI is InChI=1S/C39H48.2C27H34.C12H18.CH3.2Li.H/c1-36(2,3)26-17-18-28(21-26)39(10,11)35-32-22-27(37(4,5)6)19-20-30(32)34-31(25-15-13-12-14-16-25)23-29(24-33(34)35)38(7,8)9;2*1-26(2,3)21-12-13-23-19(15-21)14-20-16-22(27(4,5)6)17-24(25(20)23)18-10-8-7-9-11-18;1-9(2)10-6-7-11(8-10)12(3,4)5;;;;/h12-16,18-24,35H,17H2,1-11H3;2*7-13,15-17,19-20,23,25H,14H2,1-6H3;6-8H,1-5H3;1H3;;;/q;;;;-1;2*+1;-1. The first-order valence-corrected chi connectivity index (χ1v) is 40.4. The number of hydrogen-bond acceptors (Lipinski definition) is 0. The predicted octanol–water partition coefficient (Wildman–Crippen LogP) is 24.8. The van der Waals surface area contributed by atoms with Gasteiger partial charge in [0.05, 0.1) is 0 Å².